The summed E-state index contributed by atoms with van der Waals surface area (Å²) >= 11 is 0. The summed E-state index contributed by atoms with van der Waals surface area (Å²) in [5, 5.41) is 12.2. The molecule has 2 aromatic rings. The zero-order valence-corrected chi connectivity index (χ0v) is 25.7. The normalized spacial score (nSPS) is 16.5. The van der Waals surface area contributed by atoms with Crippen molar-refractivity contribution in [3.63, 3.8) is 0 Å². The Morgan fingerprint density at radius 2 is 1.82 bits per heavy atom. The highest BCUT2D eigenvalue weighted by atomic mass is 19.4. The molecule has 2 atom stereocenters. The number of hydrogen-bond acceptors (Lipinski definition) is 5. The molecule has 1 fully saturated rings. The van der Waals surface area contributed by atoms with Gasteiger partial charge >= 0.3 is 6.18 Å². The lowest BCUT2D eigenvalue weighted by molar-refractivity contribution is -0.763. The Bertz CT molecular complexity index is 1200. The Balaban J connectivity index is 0.000000307. The second kappa shape index (κ2) is 20.2. The number of halogens is 3. The van der Waals surface area contributed by atoms with Crippen molar-refractivity contribution in [2.45, 2.75) is 91.0 Å². The van der Waals surface area contributed by atoms with Crippen LogP contribution in [-0.4, -0.2) is 17.6 Å². The fourth-order valence-electron chi connectivity index (χ4n) is 4.87. The van der Waals surface area contributed by atoms with Gasteiger partial charge in [-0.3, -0.25) is 4.79 Å². The average molecular weight is 619 g/mol. The number of nitrogens with zero attached hydrogens (tertiary/aromatic N) is 1. The van der Waals surface area contributed by atoms with E-state index in [1.54, 1.807) is 24.3 Å². The van der Waals surface area contributed by atoms with Gasteiger partial charge in [-0.2, -0.15) is 13.2 Å². The lowest BCUT2D eigenvalue weighted by Gasteiger charge is -2.09. The van der Waals surface area contributed by atoms with Gasteiger partial charge in [0.05, 0.1) is 12.2 Å². The van der Waals surface area contributed by atoms with Crippen LogP contribution in [0.25, 0.3) is 0 Å². The van der Waals surface area contributed by atoms with E-state index in [-0.39, 0.29) is 18.3 Å². The largest absolute Gasteiger partial charge is 0.493 e. The van der Waals surface area contributed by atoms with Crippen molar-refractivity contribution in [2.75, 3.05) is 6.61 Å². The van der Waals surface area contributed by atoms with Gasteiger partial charge in [0.25, 0.3) is 5.09 Å². The minimum atomic E-state index is -4.32. The van der Waals surface area contributed by atoms with Crippen molar-refractivity contribution in [3.8, 4) is 5.75 Å². The highest BCUT2D eigenvalue weighted by molar-refractivity contribution is 5.75. The molecule has 1 aliphatic carbocycles. The molecule has 44 heavy (non-hydrogen) atoms. The molecule has 0 bridgehead atoms. The van der Waals surface area contributed by atoms with E-state index in [9.17, 15) is 28.1 Å². The Morgan fingerprint density at radius 3 is 2.52 bits per heavy atom. The van der Waals surface area contributed by atoms with Crippen LogP contribution in [0.15, 0.2) is 72.8 Å². The van der Waals surface area contributed by atoms with Crippen LogP contribution in [-0.2, 0) is 29.0 Å². The van der Waals surface area contributed by atoms with Crippen molar-refractivity contribution in [2.24, 2.45) is 11.8 Å². The molecule has 1 N–H and O–H groups in total. The maximum absolute atomic E-state index is 12.6. The van der Waals surface area contributed by atoms with Crippen LogP contribution in [0.2, 0.25) is 0 Å². The minimum absolute atomic E-state index is 0.0110. The number of amides is 1. The van der Waals surface area contributed by atoms with Gasteiger partial charge in [0.1, 0.15) is 12.4 Å². The maximum atomic E-state index is 12.6. The molecule has 0 saturated heterocycles. The minimum Gasteiger partial charge on any atom is -0.493 e. The van der Waals surface area contributed by atoms with E-state index >= 15 is 0 Å². The molecule has 2 unspecified atom stereocenters. The van der Waals surface area contributed by atoms with Crippen LogP contribution in [0.4, 0.5) is 13.2 Å². The molecule has 0 heterocycles. The van der Waals surface area contributed by atoms with Crippen LogP contribution in [0.1, 0.15) is 88.3 Å². The first-order chi connectivity index (χ1) is 21.1. The molecule has 0 radical (unpaired) electrons. The number of carbonyl (C=O) groups excluding carboxylic acids is 1. The predicted molar refractivity (Wildman–Crippen MR) is 165 cm³/mol. The number of nitrogens with one attached hydrogen (secondary N) is 1. The van der Waals surface area contributed by atoms with Gasteiger partial charge in [-0.15, -0.1) is 10.1 Å². The number of benzene rings is 2. The zero-order chi connectivity index (χ0) is 32.2. The van der Waals surface area contributed by atoms with Gasteiger partial charge in [0.15, 0.2) is 0 Å². The van der Waals surface area contributed by atoms with E-state index in [0.717, 1.165) is 49.3 Å². The molecule has 7 nitrogen and oxygen atoms in total. The standard InChI is InChI=1S/C18H23F3O.C16H22N2O4/c1-2-14-9-10-15(12-14)6-3-4-11-22-17-8-5-7-16(13-17)18(19,20)21;1-2-3-4-5-6-10-16(19)17-12-14-8-7-9-15(11-14)13-22-18(20)21/h3,5-8,13-15H,2,4,9-12H2,1H3;3-4,7-9,11H,2,5-6,10,12-13H2,1H3,(H,17,19)/b6-3+;4-3-. The first kappa shape index (κ1) is 36.4. The molecular weight excluding hydrogens is 573 g/mol. The smallest absolute Gasteiger partial charge is 0.416 e. The third kappa shape index (κ3) is 15.6. The zero-order valence-electron chi connectivity index (χ0n) is 25.7. The first-order valence-electron chi connectivity index (χ1n) is 15.3. The molecular formula is C34H45F3N2O5. The topological polar surface area (TPSA) is 90.7 Å². The predicted octanol–water partition coefficient (Wildman–Crippen LogP) is 9.00. The highest BCUT2D eigenvalue weighted by Crippen LogP contribution is 2.34. The van der Waals surface area contributed by atoms with Crippen LogP contribution in [0, 0.1) is 22.0 Å². The second-order valence-electron chi connectivity index (χ2n) is 10.8. The fourth-order valence-corrected chi connectivity index (χ4v) is 4.87. The third-order valence-electron chi connectivity index (χ3n) is 7.28. The summed E-state index contributed by atoms with van der Waals surface area (Å²) in [6, 6.07) is 12.2. The van der Waals surface area contributed by atoms with E-state index in [4.69, 9.17) is 4.74 Å². The summed E-state index contributed by atoms with van der Waals surface area (Å²) in [6.07, 6.45) is 13.3. The third-order valence-corrected chi connectivity index (χ3v) is 7.28. The van der Waals surface area contributed by atoms with Crippen molar-refractivity contribution in [1.29, 1.82) is 0 Å². The number of ether oxygens (including phenoxy) is 1. The van der Waals surface area contributed by atoms with Gasteiger partial charge in [0, 0.05) is 13.0 Å². The van der Waals surface area contributed by atoms with Crippen LogP contribution in [0.3, 0.4) is 0 Å². The van der Waals surface area contributed by atoms with Crippen molar-refractivity contribution >= 4 is 5.91 Å². The van der Waals surface area contributed by atoms with Gasteiger partial charge < -0.3 is 14.9 Å². The molecule has 0 aromatic heterocycles. The van der Waals surface area contributed by atoms with Crippen LogP contribution < -0.4 is 10.1 Å². The second-order valence-corrected chi connectivity index (χ2v) is 10.8. The Labute approximate surface area is 258 Å². The van der Waals surface area contributed by atoms with Gasteiger partial charge in [0.2, 0.25) is 5.91 Å². The lowest BCUT2D eigenvalue weighted by Crippen LogP contribution is -2.22. The lowest BCUT2D eigenvalue weighted by atomic mass is 10.0. The van der Waals surface area contributed by atoms with Crippen LogP contribution in [0.5, 0.6) is 5.75 Å². The van der Waals surface area contributed by atoms with E-state index < -0.39 is 16.8 Å². The quantitative estimate of drug-likeness (QED) is 0.0878. The molecule has 242 valence electrons. The summed E-state index contributed by atoms with van der Waals surface area (Å²) < 4.78 is 43.1. The number of allylic oxidation sites excluding steroid dienone is 3. The SMILES string of the molecule is CC/C=C\CCCC(=O)NCc1cccc(CO[N+](=O)[O-])c1.CCC1CCC(/C=C/CCOc2cccc(C(F)(F)F)c2)C1. The average Bonchev–Trinajstić information content (AvgIpc) is 3.47. The van der Waals surface area contributed by atoms with E-state index in [1.807, 2.05) is 6.07 Å². The number of unbranched alkanes of at least 4 members (excludes halogenated alkanes) is 1. The first-order valence-corrected chi connectivity index (χ1v) is 15.3. The number of alkyl halides is 3. The molecule has 2 aromatic carbocycles. The monoisotopic (exact) mass is 618 g/mol. The number of carbonyl (C=O) groups is 1. The number of rotatable bonds is 16. The molecule has 1 amide bonds. The summed E-state index contributed by atoms with van der Waals surface area (Å²) in [7, 11) is 0. The van der Waals surface area contributed by atoms with E-state index in [1.165, 1.54) is 31.7 Å². The molecule has 0 aliphatic heterocycles. The van der Waals surface area contributed by atoms with Gasteiger partial charge in [-0.05, 0) is 86.1 Å². The highest BCUT2D eigenvalue weighted by Gasteiger charge is 2.30. The Kier molecular flexibility index (Phi) is 16.7. The van der Waals surface area contributed by atoms with Gasteiger partial charge in [-0.25, -0.2) is 0 Å². The molecule has 1 aliphatic rings. The number of hydrogen-bond donors (Lipinski definition) is 1. The van der Waals surface area contributed by atoms with E-state index in [2.05, 4.69) is 48.3 Å². The van der Waals surface area contributed by atoms with Crippen molar-refractivity contribution in [1.82, 2.24) is 5.32 Å². The van der Waals surface area contributed by atoms with Crippen molar-refractivity contribution in [3.05, 3.63) is 99.6 Å². The van der Waals surface area contributed by atoms with Gasteiger partial charge in [-0.1, -0.05) is 74.9 Å². The fraction of sp³-hybridized carbons (Fsp3) is 0.500. The Morgan fingerprint density at radius 1 is 1.05 bits per heavy atom. The molecule has 10 heteroatoms. The summed E-state index contributed by atoms with van der Waals surface area (Å²) in [4.78, 5) is 26.2. The molecule has 0 spiro atoms. The summed E-state index contributed by atoms with van der Waals surface area (Å²) in [5.74, 6) is 1.81. The molecule has 1 saturated carbocycles. The summed E-state index contributed by atoms with van der Waals surface area (Å²) in [5.41, 5.74) is 0.925. The van der Waals surface area contributed by atoms with Crippen LogP contribution >= 0.6 is 0 Å². The molecule has 3 rings (SSSR count). The Hall–Kier alpha value is -3.82. The maximum Gasteiger partial charge on any atom is 0.416 e. The summed E-state index contributed by atoms with van der Waals surface area (Å²) in [6.45, 7) is 5.05. The van der Waals surface area contributed by atoms with Crippen molar-refractivity contribution < 1.29 is 32.6 Å². The van der Waals surface area contributed by atoms with E-state index in [0.29, 0.717) is 31.1 Å².